The predicted molar refractivity (Wildman–Crippen MR) is 63.9 cm³/mol. The van der Waals surface area contributed by atoms with E-state index in [0.717, 1.165) is 0 Å². The van der Waals surface area contributed by atoms with E-state index in [1.165, 1.54) is 0 Å². The molecule has 0 aliphatic rings. The summed E-state index contributed by atoms with van der Waals surface area (Å²) in [6.45, 7) is 1.93. The average molecular weight is 248 g/mol. The molecule has 0 bridgehead atoms. The van der Waals surface area contributed by atoms with Gasteiger partial charge in [-0.1, -0.05) is 17.3 Å². The quantitative estimate of drug-likeness (QED) is 0.658. The van der Waals surface area contributed by atoms with Crippen LogP contribution in [0.4, 0.5) is 5.82 Å². The third-order valence-electron chi connectivity index (χ3n) is 2.25. The van der Waals surface area contributed by atoms with Gasteiger partial charge in [-0.25, -0.2) is 0 Å². The lowest BCUT2D eigenvalue weighted by Crippen LogP contribution is -2.18. The van der Waals surface area contributed by atoms with E-state index in [9.17, 15) is 9.59 Å². The Morgan fingerprint density at radius 3 is 2.94 bits per heavy atom. The molecule has 0 saturated carbocycles. The Kier molecular flexibility index (Phi) is 3.57. The van der Waals surface area contributed by atoms with Crippen LogP contribution >= 0.6 is 0 Å². The van der Waals surface area contributed by atoms with Crippen LogP contribution in [0.1, 0.15) is 13.3 Å². The number of hydrogen-bond donors (Lipinski definition) is 1. The molecule has 94 valence electrons. The van der Waals surface area contributed by atoms with Gasteiger partial charge in [-0.05, 0) is 19.1 Å². The van der Waals surface area contributed by atoms with E-state index in [1.807, 2.05) is 0 Å². The first-order valence-corrected chi connectivity index (χ1v) is 5.50. The Balaban J connectivity index is 2.05. The van der Waals surface area contributed by atoms with Crippen molar-refractivity contribution in [3.8, 4) is 0 Å². The Hall–Kier alpha value is -2.37. The monoisotopic (exact) mass is 248 g/mol. The summed E-state index contributed by atoms with van der Waals surface area (Å²) in [5.41, 5.74) is 0.573. The van der Waals surface area contributed by atoms with E-state index in [2.05, 4.69) is 15.2 Å². The highest BCUT2D eigenvalue weighted by molar-refractivity contribution is 6.05. The summed E-state index contributed by atoms with van der Waals surface area (Å²) < 4.78 is 9.70. The predicted octanol–water partition coefficient (Wildman–Crippen LogP) is 1.72. The fourth-order valence-electron chi connectivity index (χ4n) is 1.50. The molecular weight excluding hydrogens is 236 g/mol. The van der Waals surface area contributed by atoms with Crippen molar-refractivity contribution in [1.29, 1.82) is 0 Å². The van der Waals surface area contributed by atoms with Gasteiger partial charge in [0.1, 0.15) is 6.42 Å². The van der Waals surface area contributed by atoms with Gasteiger partial charge in [0.15, 0.2) is 11.4 Å². The van der Waals surface area contributed by atoms with Crippen LogP contribution in [0.3, 0.4) is 0 Å². The van der Waals surface area contributed by atoms with Crippen LogP contribution < -0.4 is 5.32 Å². The fraction of sp³-hybridized carbons (Fsp3) is 0.250. The second kappa shape index (κ2) is 5.31. The second-order valence-electron chi connectivity index (χ2n) is 3.56. The van der Waals surface area contributed by atoms with Crippen LogP contribution in [0.2, 0.25) is 0 Å². The number of nitrogens with one attached hydrogen (secondary N) is 1. The van der Waals surface area contributed by atoms with Gasteiger partial charge in [0.2, 0.25) is 5.91 Å². The summed E-state index contributed by atoms with van der Waals surface area (Å²) in [6, 6.07) is 7.12. The summed E-state index contributed by atoms with van der Waals surface area (Å²) in [6.07, 6.45) is -0.338. The van der Waals surface area contributed by atoms with Crippen molar-refractivity contribution < 1.29 is 18.8 Å². The number of amides is 1. The van der Waals surface area contributed by atoms with Gasteiger partial charge < -0.3 is 14.6 Å². The highest BCUT2D eigenvalue weighted by atomic mass is 16.5. The largest absolute Gasteiger partial charge is 0.466 e. The molecule has 1 aromatic carbocycles. The molecule has 2 rings (SSSR count). The molecule has 1 heterocycles. The third-order valence-corrected chi connectivity index (χ3v) is 2.25. The SMILES string of the molecule is CCOC(=O)CC(=O)Nc1noc2ccccc12. The minimum Gasteiger partial charge on any atom is -0.466 e. The highest BCUT2D eigenvalue weighted by Gasteiger charge is 2.14. The van der Waals surface area contributed by atoms with Gasteiger partial charge in [0.05, 0.1) is 12.0 Å². The maximum Gasteiger partial charge on any atom is 0.315 e. The first-order chi connectivity index (χ1) is 8.70. The zero-order valence-corrected chi connectivity index (χ0v) is 9.80. The summed E-state index contributed by atoms with van der Waals surface area (Å²) in [5, 5.41) is 6.93. The standard InChI is InChI=1S/C12H12N2O4/c1-2-17-11(16)7-10(15)13-12-8-5-3-4-6-9(8)18-14-12/h3-6H,2,7H2,1H3,(H,13,14,15). The topological polar surface area (TPSA) is 81.4 Å². The van der Waals surface area contributed by atoms with Crippen LogP contribution in [-0.4, -0.2) is 23.6 Å². The summed E-state index contributed by atoms with van der Waals surface area (Å²) in [4.78, 5) is 22.7. The Morgan fingerprint density at radius 1 is 1.39 bits per heavy atom. The van der Waals surface area contributed by atoms with E-state index in [4.69, 9.17) is 4.52 Å². The van der Waals surface area contributed by atoms with E-state index in [-0.39, 0.29) is 13.0 Å². The molecule has 0 aliphatic heterocycles. The van der Waals surface area contributed by atoms with Crippen molar-refractivity contribution in [1.82, 2.24) is 5.16 Å². The normalized spacial score (nSPS) is 10.3. The first kappa shape index (κ1) is 12.1. The van der Waals surface area contributed by atoms with Crippen LogP contribution in [0.25, 0.3) is 11.0 Å². The summed E-state index contributed by atoms with van der Waals surface area (Å²) in [5.74, 6) is -0.741. The fourth-order valence-corrected chi connectivity index (χ4v) is 1.50. The lowest BCUT2D eigenvalue weighted by atomic mass is 10.2. The molecule has 0 radical (unpaired) electrons. The second-order valence-corrected chi connectivity index (χ2v) is 3.56. The van der Waals surface area contributed by atoms with Crippen molar-refractivity contribution in [3.05, 3.63) is 24.3 Å². The zero-order valence-electron chi connectivity index (χ0n) is 9.80. The number of carbonyl (C=O) groups is 2. The Bertz CT molecular complexity index is 576. The van der Waals surface area contributed by atoms with Crippen molar-refractivity contribution in [2.45, 2.75) is 13.3 Å². The number of ether oxygens (including phenoxy) is 1. The first-order valence-electron chi connectivity index (χ1n) is 5.50. The van der Waals surface area contributed by atoms with Crippen molar-refractivity contribution in [2.24, 2.45) is 0 Å². The van der Waals surface area contributed by atoms with E-state index in [0.29, 0.717) is 16.8 Å². The number of fused-ring (bicyclic) bond motifs is 1. The van der Waals surface area contributed by atoms with Crippen molar-refractivity contribution >= 4 is 28.7 Å². The number of para-hydroxylation sites is 1. The summed E-state index contributed by atoms with van der Waals surface area (Å²) >= 11 is 0. The molecule has 0 aliphatic carbocycles. The molecular formula is C12H12N2O4. The molecule has 0 spiro atoms. The van der Waals surface area contributed by atoms with Gasteiger partial charge >= 0.3 is 5.97 Å². The van der Waals surface area contributed by atoms with Crippen LogP contribution in [-0.2, 0) is 14.3 Å². The molecule has 0 saturated heterocycles. The average Bonchev–Trinajstić information content (AvgIpc) is 2.73. The number of rotatable bonds is 4. The van der Waals surface area contributed by atoms with E-state index >= 15 is 0 Å². The number of hydrogen-bond acceptors (Lipinski definition) is 5. The molecule has 2 aromatic rings. The molecule has 6 heteroatoms. The minimum atomic E-state index is -0.567. The third kappa shape index (κ3) is 2.65. The van der Waals surface area contributed by atoms with E-state index < -0.39 is 11.9 Å². The number of carbonyl (C=O) groups excluding carboxylic acids is 2. The van der Waals surface area contributed by atoms with Gasteiger partial charge in [-0.2, -0.15) is 0 Å². The number of anilines is 1. The van der Waals surface area contributed by atoms with Crippen LogP contribution in [0, 0.1) is 0 Å². The van der Waals surface area contributed by atoms with Gasteiger partial charge in [0.25, 0.3) is 0 Å². The number of nitrogens with zero attached hydrogens (tertiary/aromatic N) is 1. The zero-order chi connectivity index (χ0) is 13.0. The molecule has 1 aromatic heterocycles. The van der Waals surface area contributed by atoms with E-state index in [1.54, 1.807) is 31.2 Å². The lowest BCUT2D eigenvalue weighted by Gasteiger charge is -2.01. The molecule has 0 fully saturated rings. The minimum absolute atomic E-state index is 0.249. The molecule has 0 unspecified atom stereocenters. The lowest BCUT2D eigenvalue weighted by molar-refractivity contribution is -0.145. The molecule has 18 heavy (non-hydrogen) atoms. The van der Waals surface area contributed by atoms with Gasteiger partial charge in [-0.15, -0.1) is 0 Å². The molecule has 0 atom stereocenters. The number of benzene rings is 1. The number of aromatic nitrogens is 1. The van der Waals surface area contributed by atoms with Crippen molar-refractivity contribution in [3.63, 3.8) is 0 Å². The molecule has 1 amide bonds. The maximum absolute atomic E-state index is 11.5. The Morgan fingerprint density at radius 2 is 2.17 bits per heavy atom. The smallest absolute Gasteiger partial charge is 0.315 e. The molecule has 1 N–H and O–H groups in total. The molecule has 6 nitrogen and oxygen atoms in total. The number of esters is 1. The van der Waals surface area contributed by atoms with Crippen LogP contribution in [0.15, 0.2) is 28.8 Å². The van der Waals surface area contributed by atoms with Crippen molar-refractivity contribution in [2.75, 3.05) is 11.9 Å². The van der Waals surface area contributed by atoms with Gasteiger partial charge in [-0.3, -0.25) is 9.59 Å². The van der Waals surface area contributed by atoms with Gasteiger partial charge in [0, 0.05) is 0 Å². The Labute approximate surface area is 103 Å². The van der Waals surface area contributed by atoms with Crippen LogP contribution in [0.5, 0.6) is 0 Å². The highest BCUT2D eigenvalue weighted by Crippen LogP contribution is 2.21. The maximum atomic E-state index is 11.5. The summed E-state index contributed by atoms with van der Waals surface area (Å²) in [7, 11) is 0.